The number of aryl methyl sites for hydroxylation is 1. The number of halogens is 5. The number of alkyl halides is 3. The van der Waals surface area contributed by atoms with Gasteiger partial charge in [0, 0.05) is 25.5 Å². The SMILES string of the molecule is Cc1cc(Br)cc(Br)c1N=C1C(=Nc2ccccc2C(F)(F)F)c2cccc3cccc1c23. The molecule has 1 aliphatic carbocycles. The lowest BCUT2D eigenvalue weighted by molar-refractivity contribution is -0.137. The van der Waals surface area contributed by atoms with Gasteiger partial charge in [-0.05, 0) is 58.1 Å². The zero-order chi connectivity index (χ0) is 23.3. The summed E-state index contributed by atoms with van der Waals surface area (Å²) in [7, 11) is 0. The Morgan fingerprint density at radius 3 is 2.03 bits per heavy atom. The topological polar surface area (TPSA) is 24.7 Å². The summed E-state index contributed by atoms with van der Waals surface area (Å²) in [5, 5.41) is 1.92. The van der Waals surface area contributed by atoms with E-state index in [0.717, 1.165) is 42.5 Å². The zero-order valence-electron chi connectivity index (χ0n) is 17.2. The summed E-state index contributed by atoms with van der Waals surface area (Å²) in [5.74, 6) is 0. The van der Waals surface area contributed by atoms with Crippen molar-refractivity contribution in [3.8, 4) is 0 Å². The number of para-hydroxylation sites is 1. The first kappa shape index (κ1) is 22.0. The summed E-state index contributed by atoms with van der Waals surface area (Å²) in [4.78, 5) is 9.50. The number of hydrogen-bond acceptors (Lipinski definition) is 2. The maximum atomic E-state index is 13.7. The van der Waals surface area contributed by atoms with Gasteiger partial charge < -0.3 is 0 Å². The summed E-state index contributed by atoms with van der Waals surface area (Å²) in [6.07, 6.45) is -4.51. The molecule has 0 aromatic heterocycles. The van der Waals surface area contributed by atoms with E-state index in [0.29, 0.717) is 17.1 Å². The average molecular weight is 572 g/mol. The first-order valence-electron chi connectivity index (χ1n) is 10.1. The Balaban J connectivity index is 1.82. The molecule has 0 amide bonds. The van der Waals surface area contributed by atoms with Gasteiger partial charge in [0.25, 0.3) is 0 Å². The van der Waals surface area contributed by atoms with Gasteiger partial charge in [-0.1, -0.05) is 64.5 Å². The van der Waals surface area contributed by atoms with Gasteiger partial charge in [0.1, 0.15) is 0 Å². The Bertz CT molecular complexity index is 1460. The van der Waals surface area contributed by atoms with Crippen molar-refractivity contribution < 1.29 is 13.2 Å². The van der Waals surface area contributed by atoms with Crippen LogP contribution in [-0.2, 0) is 6.18 Å². The molecule has 0 fully saturated rings. The van der Waals surface area contributed by atoms with E-state index in [1.165, 1.54) is 12.1 Å². The second-order valence-electron chi connectivity index (χ2n) is 7.70. The van der Waals surface area contributed by atoms with Crippen LogP contribution in [0.25, 0.3) is 10.8 Å². The highest BCUT2D eigenvalue weighted by molar-refractivity contribution is 9.11. The molecule has 0 bridgehead atoms. The maximum Gasteiger partial charge on any atom is 0.418 e. The van der Waals surface area contributed by atoms with Gasteiger partial charge in [0.2, 0.25) is 0 Å². The van der Waals surface area contributed by atoms with Crippen LogP contribution in [0, 0.1) is 6.92 Å². The summed E-state index contributed by atoms with van der Waals surface area (Å²) >= 11 is 7.06. The van der Waals surface area contributed by atoms with E-state index in [1.807, 2.05) is 55.5 Å². The third-order valence-electron chi connectivity index (χ3n) is 5.52. The molecule has 4 aromatic carbocycles. The second-order valence-corrected chi connectivity index (χ2v) is 9.47. The second kappa shape index (κ2) is 8.22. The van der Waals surface area contributed by atoms with Gasteiger partial charge in [0.15, 0.2) is 0 Å². The van der Waals surface area contributed by atoms with Gasteiger partial charge in [-0.25, -0.2) is 9.98 Å². The highest BCUT2D eigenvalue weighted by atomic mass is 79.9. The molecule has 0 N–H and O–H groups in total. The molecule has 2 nitrogen and oxygen atoms in total. The lowest BCUT2D eigenvalue weighted by atomic mass is 10.1. The Hall–Kier alpha value is -2.77. The molecule has 5 rings (SSSR count). The smallest absolute Gasteiger partial charge is 0.245 e. The highest BCUT2D eigenvalue weighted by Crippen LogP contribution is 2.40. The van der Waals surface area contributed by atoms with E-state index in [4.69, 9.17) is 4.99 Å². The van der Waals surface area contributed by atoms with Gasteiger partial charge >= 0.3 is 6.18 Å². The van der Waals surface area contributed by atoms with E-state index in [1.54, 1.807) is 6.07 Å². The lowest BCUT2D eigenvalue weighted by Gasteiger charge is -2.11. The van der Waals surface area contributed by atoms with E-state index < -0.39 is 11.7 Å². The van der Waals surface area contributed by atoms with E-state index in [2.05, 4.69) is 36.9 Å². The van der Waals surface area contributed by atoms with Crippen molar-refractivity contribution >= 4 is 65.4 Å². The molecule has 0 heterocycles. The molecule has 0 radical (unpaired) electrons. The van der Waals surface area contributed by atoms with Crippen molar-refractivity contribution in [2.75, 3.05) is 0 Å². The minimum Gasteiger partial charge on any atom is -0.245 e. The number of nitrogens with zero attached hydrogens (tertiary/aromatic N) is 2. The molecule has 0 saturated heterocycles. The molecule has 0 atom stereocenters. The van der Waals surface area contributed by atoms with Gasteiger partial charge in [-0.3, -0.25) is 0 Å². The number of hydrogen-bond donors (Lipinski definition) is 0. The van der Waals surface area contributed by atoms with Crippen molar-refractivity contribution in [2.24, 2.45) is 9.98 Å². The number of rotatable bonds is 2. The quantitative estimate of drug-likeness (QED) is 0.229. The van der Waals surface area contributed by atoms with Crippen molar-refractivity contribution in [3.05, 3.63) is 104 Å². The van der Waals surface area contributed by atoms with Crippen LogP contribution in [-0.4, -0.2) is 11.4 Å². The Morgan fingerprint density at radius 1 is 0.758 bits per heavy atom. The lowest BCUT2D eigenvalue weighted by Crippen LogP contribution is -2.12. The predicted molar refractivity (Wildman–Crippen MR) is 134 cm³/mol. The molecule has 0 spiro atoms. The summed E-state index contributed by atoms with van der Waals surface area (Å²) in [5.41, 5.74) is 3.30. The van der Waals surface area contributed by atoms with Crippen LogP contribution in [0.5, 0.6) is 0 Å². The first-order valence-corrected chi connectivity index (χ1v) is 11.6. The molecule has 33 heavy (non-hydrogen) atoms. The molecule has 7 heteroatoms. The van der Waals surface area contributed by atoms with Crippen LogP contribution in [0.2, 0.25) is 0 Å². The van der Waals surface area contributed by atoms with Gasteiger partial charge in [-0.2, -0.15) is 13.2 Å². The maximum absolute atomic E-state index is 13.7. The molecule has 0 saturated carbocycles. The zero-order valence-corrected chi connectivity index (χ0v) is 20.4. The van der Waals surface area contributed by atoms with E-state index in [9.17, 15) is 13.2 Å². The molecular formula is C26H15Br2F3N2. The van der Waals surface area contributed by atoms with Crippen molar-refractivity contribution in [3.63, 3.8) is 0 Å². The van der Waals surface area contributed by atoms with Crippen LogP contribution in [0.3, 0.4) is 0 Å². The Labute approximate surface area is 205 Å². The van der Waals surface area contributed by atoms with Crippen LogP contribution in [0.4, 0.5) is 24.5 Å². The van der Waals surface area contributed by atoms with Crippen molar-refractivity contribution in [1.82, 2.24) is 0 Å². The standard InChI is InChI=1S/C26H15Br2F3N2/c1-14-12-16(27)13-20(28)23(14)33-25-18-9-5-7-15-6-4-8-17(22(15)18)24(25)32-21-11-3-2-10-19(21)26(29,30)31/h2-13H,1H3. The summed E-state index contributed by atoms with van der Waals surface area (Å²) in [6, 6.07) is 20.8. The van der Waals surface area contributed by atoms with Crippen LogP contribution in [0.1, 0.15) is 22.3 Å². The largest absolute Gasteiger partial charge is 0.418 e. The third-order valence-corrected chi connectivity index (χ3v) is 6.59. The molecule has 0 aliphatic heterocycles. The Morgan fingerprint density at radius 2 is 1.39 bits per heavy atom. The third kappa shape index (κ3) is 3.93. The normalized spacial score (nSPS) is 15.7. The Kier molecular flexibility index (Phi) is 5.49. The average Bonchev–Trinajstić information content (AvgIpc) is 3.05. The van der Waals surface area contributed by atoms with E-state index >= 15 is 0 Å². The molecular weight excluding hydrogens is 557 g/mol. The van der Waals surface area contributed by atoms with Crippen LogP contribution < -0.4 is 0 Å². The minimum atomic E-state index is -4.51. The molecule has 1 aliphatic rings. The van der Waals surface area contributed by atoms with Gasteiger partial charge in [0.05, 0.1) is 28.4 Å². The van der Waals surface area contributed by atoms with Crippen LogP contribution >= 0.6 is 31.9 Å². The predicted octanol–water partition coefficient (Wildman–Crippen LogP) is 8.95. The van der Waals surface area contributed by atoms with Crippen molar-refractivity contribution in [1.29, 1.82) is 0 Å². The molecule has 0 unspecified atom stereocenters. The van der Waals surface area contributed by atoms with Gasteiger partial charge in [-0.15, -0.1) is 0 Å². The fourth-order valence-electron chi connectivity index (χ4n) is 4.10. The summed E-state index contributed by atoms with van der Waals surface area (Å²) in [6.45, 7) is 1.94. The highest BCUT2D eigenvalue weighted by Gasteiger charge is 2.34. The number of benzene rings is 4. The number of aliphatic imine (C=N–C) groups is 2. The van der Waals surface area contributed by atoms with E-state index in [-0.39, 0.29) is 5.69 Å². The molecule has 164 valence electrons. The summed E-state index contributed by atoms with van der Waals surface area (Å²) < 4.78 is 42.8. The monoisotopic (exact) mass is 570 g/mol. The minimum absolute atomic E-state index is 0.135. The van der Waals surface area contributed by atoms with Crippen LogP contribution in [0.15, 0.2) is 91.7 Å². The fraction of sp³-hybridized carbons (Fsp3) is 0.0769. The molecule has 4 aromatic rings. The van der Waals surface area contributed by atoms with Crippen molar-refractivity contribution in [2.45, 2.75) is 13.1 Å². The first-order chi connectivity index (χ1) is 15.7. The fourth-order valence-corrected chi connectivity index (χ4v) is 5.62.